The number of hydrogen-bond acceptors (Lipinski definition) is 7. The zero-order chi connectivity index (χ0) is 17.6. The Morgan fingerprint density at radius 3 is 2.46 bits per heavy atom. The van der Waals surface area contributed by atoms with Crippen molar-refractivity contribution in [2.24, 2.45) is 5.92 Å². The fraction of sp³-hybridized carbons (Fsp3) is 0.692. The lowest BCUT2D eigenvalue weighted by molar-refractivity contribution is -0.125. The molecule has 0 saturated heterocycles. The van der Waals surface area contributed by atoms with E-state index in [-0.39, 0.29) is 22.7 Å². The second kappa shape index (κ2) is 8.38. The number of nitrogens with zero attached hydrogens (tertiary/aromatic N) is 2. The monoisotopic (exact) mass is 375 g/mol. The number of aromatic nitrogens is 2. The number of sulfonamides is 1. The Labute approximate surface area is 144 Å². The molecule has 1 fully saturated rings. The van der Waals surface area contributed by atoms with E-state index in [2.05, 4.69) is 25.6 Å². The number of rotatable bonds is 7. The molecule has 3 N–H and O–H groups in total. The first kappa shape index (κ1) is 18.6. The van der Waals surface area contributed by atoms with E-state index in [4.69, 9.17) is 0 Å². The maximum absolute atomic E-state index is 11.8. The zero-order valence-corrected chi connectivity index (χ0v) is 15.0. The van der Waals surface area contributed by atoms with Crippen LogP contribution in [0.1, 0.15) is 38.5 Å². The van der Waals surface area contributed by atoms with Crippen molar-refractivity contribution in [1.29, 1.82) is 0 Å². The first-order valence-electron chi connectivity index (χ1n) is 7.69. The maximum Gasteiger partial charge on any atom is 0.245 e. The average molecular weight is 375 g/mol. The SMILES string of the molecule is CS(=O)(=O)Nc1nnc(NC(=O)CNC(=O)CC2CCCCC2)s1. The van der Waals surface area contributed by atoms with Crippen molar-refractivity contribution < 1.29 is 18.0 Å². The van der Waals surface area contributed by atoms with Gasteiger partial charge in [-0.25, -0.2) is 8.42 Å². The third-order valence-electron chi connectivity index (χ3n) is 3.59. The largest absolute Gasteiger partial charge is 0.347 e. The topological polar surface area (TPSA) is 130 Å². The summed E-state index contributed by atoms with van der Waals surface area (Å²) in [7, 11) is -3.44. The molecule has 0 spiro atoms. The molecule has 1 heterocycles. The first-order chi connectivity index (χ1) is 11.3. The Kier molecular flexibility index (Phi) is 6.49. The van der Waals surface area contributed by atoms with Gasteiger partial charge in [0.1, 0.15) is 0 Å². The van der Waals surface area contributed by atoms with Crippen molar-refractivity contribution in [2.75, 3.05) is 22.8 Å². The van der Waals surface area contributed by atoms with E-state index in [1.54, 1.807) is 0 Å². The molecule has 0 unspecified atom stereocenters. The predicted octanol–water partition coefficient (Wildman–Crippen LogP) is 0.935. The molecule has 0 bridgehead atoms. The minimum Gasteiger partial charge on any atom is -0.347 e. The van der Waals surface area contributed by atoms with Crippen LogP contribution in [0.2, 0.25) is 0 Å². The van der Waals surface area contributed by atoms with Crippen LogP contribution in [-0.2, 0) is 19.6 Å². The highest BCUT2D eigenvalue weighted by Crippen LogP contribution is 2.26. The quantitative estimate of drug-likeness (QED) is 0.650. The molecule has 1 aliphatic rings. The number of carbonyl (C=O) groups excluding carboxylic acids is 2. The maximum atomic E-state index is 11.8. The van der Waals surface area contributed by atoms with Gasteiger partial charge in [0, 0.05) is 6.42 Å². The summed E-state index contributed by atoms with van der Waals surface area (Å²) in [5.74, 6) is -0.155. The van der Waals surface area contributed by atoms with Crippen LogP contribution in [0, 0.1) is 5.92 Å². The van der Waals surface area contributed by atoms with Crippen LogP contribution in [0.3, 0.4) is 0 Å². The molecule has 1 aromatic heterocycles. The van der Waals surface area contributed by atoms with Crippen molar-refractivity contribution in [2.45, 2.75) is 38.5 Å². The van der Waals surface area contributed by atoms with Crippen molar-refractivity contribution >= 4 is 43.4 Å². The molecule has 1 aliphatic carbocycles. The molecule has 24 heavy (non-hydrogen) atoms. The fourth-order valence-corrected chi connectivity index (χ4v) is 4.03. The van der Waals surface area contributed by atoms with Gasteiger partial charge in [0.05, 0.1) is 12.8 Å². The van der Waals surface area contributed by atoms with Crippen molar-refractivity contribution in [3.05, 3.63) is 0 Å². The summed E-state index contributed by atoms with van der Waals surface area (Å²) in [5.41, 5.74) is 0. The van der Waals surface area contributed by atoms with Gasteiger partial charge in [0.15, 0.2) is 0 Å². The summed E-state index contributed by atoms with van der Waals surface area (Å²) < 4.78 is 24.3. The standard InChI is InChI=1S/C13H21N5O4S2/c1-24(21,22)18-13-17-16-12(23-13)15-11(20)8-14-10(19)7-9-5-3-2-4-6-9/h9H,2-8H2,1H3,(H,14,19)(H,17,18)(H,15,16,20). The van der Waals surface area contributed by atoms with Crippen LogP contribution >= 0.6 is 11.3 Å². The van der Waals surface area contributed by atoms with E-state index in [1.807, 2.05) is 0 Å². The molecule has 0 radical (unpaired) electrons. The molecule has 2 amide bonds. The summed E-state index contributed by atoms with van der Waals surface area (Å²) in [5, 5.41) is 12.5. The third kappa shape index (κ3) is 6.79. The van der Waals surface area contributed by atoms with Gasteiger partial charge in [-0.2, -0.15) is 0 Å². The van der Waals surface area contributed by atoms with E-state index < -0.39 is 15.9 Å². The van der Waals surface area contributed by atoms with Gasteiger partial charge >= 0.3 is 0 Å². The van der Waals surface area contributed by atoms with Crippen molar-refractivity contribution in [1.82, 2.24) is 15.5 Å². The van der Waals surface area contributed by atoms with Gasteiger partial charge in [-0.1, -0.05) is 30.6 Å². The summed E-state index contributed by atoms with van der Waals surface area (Å²) >= 11 is 0.894. The lowest BCUT2D eigenvalue weighted by Gasteiger charge is -2.20. The zero-order valence-electron chi connectivity index (χ0n) is 13.4. The van der Waals surface area contributed by atoms with E-state index >= 15 is 0 Å². The molecule has 0 aromatic carbocycles. The van der Waals surface area contributed by atoms with Crippen LogP contribution in [0.25, 0.3) is 0 Å². The predicted molar refractivity (Wildman–Crippen MR) is 91.2 cm³/mol. The van der Waals surface area contributed by atoms with Crippen LogP contribution in [-0.4, -0.2) is 43.2 Å². The minimum absolute atomic E-state index is 0.0640. The highest BCUT2D eigenvalue weighted by Gasteiger charge is 2.17. The summed E-state index contributed by atoms with van der Waals surface area (Å²) in [6.07, 6.45) is 7.15. The molecule has 9 nitrogen and oxygen atoms in total. The fourth-order valence-electron chi connectivity index (χ4n) is 2.54. The van der Waals surface area contributed by atoms with Gasteiger partial charge in [0.2, 0.25) is 32.1 Å². The first-order valence-corrected chi connectivity index (χ1v) is 10.4. The summed E-state index contributed by atoms with van der Waals surface area (Å²) in [6, 6.07) is 0. The lowest BCUT2D eigenvalue weighted by atomic mass is 9.87. The molecule has 2 rings (SSSR count). The smallest absolute Gasteiger partial charge is 0.245 e. The van der Waals surface area contributed by atoms with E-state index in [0.29, 0.717) is 12.3 Å². The molecule has 1 saturated carbocycles. The van der Waals surface area contributed by atoms with Gasteiger partial charge < -0.3 is 5.32 Å². The second-order valence-electron chi connectivity index (χ2n) is 5.82. The third-order valence-corrected chi connectivity index (χ3v) is 5.04. The number of carbonyl (C=O) groups is 2. The Hall–Kier alpha value is -1.75. The second-order valence-corrected chi connectivity index (χ2v) is 8.55. The number of anilines is 2. The van der Waals surface area contributed by atoms with Crippen molar-refractivity contribution in [3.63, 3.8) is 0 Å². The number of nitrogens with one attached hydrogen (secondary N) is 3. The van der Waals surface area contributed by atoms with E-state index in [1.165, 1.54) is 19.3 Å². The molecular weight excluding hydrogens is 354 g/mol. The Morgan fingerprint density at radius 2 is 1.79 bits per heavy atom. The van der Waals surface area contributed by atoms with Gasteiger partial charge in [-0.3, -0.25) is 19.6 Å². The van der Waals surface area contributed by atoms with Crippen molar-refractivity contribution in [3.8, 4) is 0 Å². The molecule has 1 aromatic rings. The van der Waals surface area contributed by atoms with Gasteiger partial charge in [-0.15, -0.1) is 10.2 Å². The molecular formula is C13H21N5O4S2. The highest BCUT2D eigenvalue weighted by molar-refractivity contribution is 7.92. The lowest BCUT2D eigenvalue weighted by Crippen LogP contribution is -2.34. The van der Waals surface area contributed by atoms with E-state index in [0.717, 1.165) is 30.4 Å². The Morgan fingerprint density at radius 1 is 1.12 bits per heavy atom. The summed E-state index contributed by atoms with van der Waals surface area (Å²) in [4.78, 5) is 23.6. The minimum atomic E-state index is -3.44. The number of amides is 2. The van der Waals surface area contributed by atoms with Crippen LogP contribution in [0.5, 0.6) is 0 Å². The summed E-state index contributed by atoms with van der Waals surface area (Å²) in [6.45, 7) is -0.153. The van der Waals surface area contributed by atoms with E-state index in [9.17, 15) is 18.0 Å². The molecule has 134 valence electrons. The Bertz CT molecular complexity index is 682. The molecule has 11 heteroatoms. The van der Waals surface area contributed by atoms with Gasteiger partial charge in [-0.05, 0) is 18.8 Å². The van der Waals surface area contributed by atoms with Gasteiger partial charge in [0.25, 0.3) is 0 Å². The van der Waals surface area contributed by atoms with Crippen LogP contribution < -0.4 is 15.4 Å². The normalized spacial score (nSPS) is 15.7. The number of hydrogen-bond donors (Lipinski definition) is 3. The average Bonchev–Trinajstić information content (AvgIpc) is 2.91. The molecule has 0 aliphatic heterocycles. The highest BCUT2D eigenvalue weighted by atomic mass is 32.2. The van der Waals surface area contributed by atoms with Crippen LogP contribution in [0.15, 0.2) is 0 Å². The molecule has 0 atom stereocenters. The Balaban J connectivity index is 1.71. The van der Waals surface area contributed by atoms with Crippen LogP contribution in [0.4, 0.5) is 10.3 Å².